The van der Waals surface area contributed by atoms with Crippen molar-refractivity contribution in [3.8, 4) is 0 Å². The van der Waals surface area contributed by atoms with Crippen molar-refractivity contribution >= 4 is 29.6 Å². The van der Waals surface area contributed by atoms with Crippen LogP contribution < -0.4 is 33.2 Å². The summed E-state index contributed by atoms with van der Waals surface area (Å²) in [6.45, 7) is 4.28. The highest BCUT2D eigenvalue weighted by Crippen LogP contribution is 2.19. The van der Waals surface area contributed by atoms with Crippen LogP contribution in [0.25, 0.3) is 0 Å². The number of carbonyl (C=O) groups is 5. The van der Waals surface area contributed by atoms with Crippen LogP contribution in [0, 0.1) is 5.92 Å². The van der Waals surface area contributed by atoms with E-state index < -0.39 is 54.4 Å². The van der Waals surface area contributed by atoms with Gasteiger partial charge in [-0.25, -0.2) is 4.79 Å². The SMILES string of the molecule is CC(C)[C@H](NC(=O)[C@H](CCCCN)NC(=O)CNC(=O)[C@@H]1CCCN1C(=O)[C@@H](N)CCCCN)C(=O)O. The zero-order valence-corrected chi connectivity index (χ0v) is 22.0. The van der Waals surface area contributed by atoms with E-state index in [1.165, 1.54) is 4.90 Å². The first-order valence-corrected chi connectivity index (χ1v) is 13.1. The van der Waals surface area contributed by atoms with Gasteiger partial charge in [-0.05, 0) is 64.0 Å². The lowest BCUT2D eigenvalue weighted by Crippen LogP contribution is -2.55. The van der Waals surface area contributed by atoms with Crippen LogP contribution in [0.3, 0.4) is 0 Å². The summed E-state index contributed by atoms with van der Waals surface area (Å²) in [5, 5.41) is 16.9. The number of amides is 4. The number of rotatable bonds is 17. The van der Waals surface area contributed by atoms with E-state index in [0.29, 0.717) is 51.7 Å². The molecule has 1 fully saturated rings. The predicted molar refractivity (Wildman–Crippen MR) is 138 cm³/mol. The molecule has 0 aromatic carbocycles. The average molecular weight is 528 g/mol. The Kier molecular flexibility index (Phi) is 14.7. The van der Waals surface area contributed by atoms with Gasteiger partial charge in [0.15, 0.2) is 0 Å². The van der Waals surface area contributed by atoms with Gasteiger partial charge in [0, 0.05) is 6.54 Å². The lowest BCUT2D eigenvalue weighted by Gasteiger charge is -2.27. The van der Waals surface area contributed by atoms with Crippen LogP contribution in [0.4, 0.5) is 0 Å². The molecular weight excluding hydrogens is 482 g/mol. The van der Waals surface area contributed by atoms with Crippen LogP contribution in [-0.4, -0.2) is 90.0 Å². The van der Waals surface area contributed by atoms with E-state index in [0.717, 1.165) is 12.8 Å². The van der Waals surface area contributed by atoms with Gasteiger partial charge in [0.1, 0.15) is 18.1 Å². The second-order valence-corrected chi connectivity index (χ2v) is 9.77. The molecular formula is C24H45N7O6. The number of likely N-dealkylation sites (tertiary alicyclic amines) is 1. The number of hydrogen-bond acceptors (Lipinski definition) is 8. The molecule has 0 aliphatic carbocycles. The Morgan fingerprint density at radius 1 is 0.973 bits per heavy atom. The van der Waals surface area contributed by atoms with Gasteiger partial charge in [-0.15, -0.1) is 0 Å². The third kappa shape index (κ3) is 11.0. The molecule has 0 spiro atoms. The number of carboxylic acid groups (broad SMARTS) is 1. The minimum atomic E-state index is -1.17. The van der Waals surface area contributed by atoms with Crippen molar-refractivity contribution in [2.24, 2.45) is 23.1 Å². The van der Waals surface area contributed by atoms with Crippen LogP contribution in [0.2, 0.25) is 0 Å². The summed E-state index contributed by atoms with van der Waals surface area (Å²) in [6.07, 6.45) is 4.52. The Hall–Kier alpha value is -2.77. The van der Waals surface area contributed by atoms with E-state index in [4.69, 9.17) is 17.2 Å². The topological polar surface area (TPSA) is 223 Å². The van der Waals surface area contributed by atoms with Crippen molar-refractivity contribution < 1.29 is 29.1 Å². The number of hydrogen-bond donors (Lipinski definition) is 7. The molecule has 13 nitrogen and oxygen atoms in total. The van der Waals surface area contributed by atoms with Gasteiger partial charge in [0.25, 0.3) is 0 Å². The lowest BCUT2D eigenvalue weighted by molar-refractivity contribution is -0.143. The summed E-state index contributed by atoms with van der Waals surface area (Å²) in [7, 11) is 0. The second kappa shape index (κ2) is 16.9. The number of nitrogens with zero attached hydrogens (tertiary/aromatic N) is 1. The predicted octanol–water partition coefficient (Wildman–Crippen LogP) is -1.61. The normalized spacial score (nSPS) is 17.7. The summed E-state index contributed by atoms with van der Waals surface area (Å²) in [6, 6.07) is -3.51. The van der Waals surface area contributed by atoms with Crippen LogP contribution in [0.5, 0.6) is 0 Å². The summed E-state index contributed by atoms with van der Waals surface area (Å²) in [4.78, 5) is 63.8. The molecule has 0 aromatic heterocycles. The molecule has 37 heavy (non-hydrogen) atoms. The third-order valence-corrected chi connectivity index (χ3v) is 6.38. The molecule has 4 amide bonds. The number of aliphatic carboxylic acids is 1. The van der Waals surface area contributed by atoms with Gasteiger partial charge in [-0.2, -0.15) is 0 Å². The minimum Gasteiger partial charge on any atom is -0.480 e. The highest BCUT2D eigenvalue weighted by molar-refractivity contribution is 5.94. The molecule has 0 aromatic rings. The number of nitrogens with one attached hydrogen (secondary N) is 3. The van der Waals surface area contributed by atoms with Crippen molar-refractivity contribution in [2.75, 3.05) is 26.2 Å². The van der Waals surface area contributed by atoms with Crippen molar-refractivity contribution in [3.63, 3.8) is 0 Å². The molecule has 1 aliphatic heterocycles. The van der Waals surface area contributed by atoms with Gasteiger partial charge in [-0.3, -0.25) is 19.2 Å². The minimum absolute atomic E-state index is 0.264. The van der Waals surface area contributed by atoms with E-state index in [-0.39, 0.29) is 18.2 Å². The Morgan fingerprint density at radius 2 is 1.59 bits per heavy atom. The van der Waals surface area contributed by atoms with Crippen LogP contribution in [0.1, 0.15) is 65.2 Å². The lowest BCUT2D eigenvalue weighted by atomic mass is 10.0. The molecule has 0 bridgehead atoms. The molecule has 0 unspecified atom stereocenters. The first kappa shape index (κ1) is 32.3. The number of unbranched alkanes of at least 4 members (excludes halogenated alkanes) is 2. The van der Waals surface area contributed by atoms with Crippen LogP contribution >= 0.6 is 0 Å². The first-order valence-electron chi connectivity index (χ1n) is 13.1. The van der Waals surface area contributed by atoms with Crippen molar-refractivity contribution in [3.05, 3.63) is 0 Å². The van der Waals surface area contributed by atoms with E-state index in [1.54, 1.807) is 13.8 Å². The van der Waals surface area contributed by atoms with Crippen molar-refractivity contribution in [1.29, 1.82) is 0 Å². The largest absolute Gasteiger partial charge is 0.480 e. The molecule has 0 saturated carbocycles. The molecule has 1 heterocycles. The van der Waals surface area contributed by atoms with Gasteiger partial charge in [-0.1, -0.05) is 20.3 Å². The highest BCUT2D eigenvalue weighted by Gasteiger charge is 2.36. The number of nitrogens with two attached hydrogens (primary N) is 3. The Labute approximate surface area is 218 Å². The smallest absolute Gasteiger partial charge is 0.326 e. The Balaban J connectivity index is 2.70. The molecule has 212 valence electrons. The fourth-order valence-electron chi connectivity index (χ4n) is 4.21. The second-order valence-electron chi connectivity index (χ2n) is 9.77. The summed E-state index contributed by atoms with van der Waals surface area (Å²) in [5.41, 5.74) is 17.0. The van der Waals surface area contributed by atoms with E-state index in [2.05, 4.69) is 16.0 Å². The zero-order valence-electron chi connectivity index (χ0n) is 22.0. The molecule has 1 saturated heterocycles. The van der Waals surface area contributed by atoms with Crippen LogP contribution in [0.15, 0.2) is 0 Å². The fraction of sp³-hybridized carbons (Fsp3) is 0.792. The fourth-order valence-corrected chi connectivity index (χ4v) is 4.21. The maximum absolute atomic E-state index is 12.8. The molecule has 4 atom stereocenters. The highest BCUT2D eigenvalue weighted by atomic mass is 16.4. The monoisotopic (exact) mass is 527 g/mol. The summed E-state index contributed by atoms with van der Waals surface area (Å²) >= 11 is 0. The van der Waals surface area contributed by atoms with Gasteiger partial charge >= 0.3 is 5.97 Å². The zero-order chi connectivity index (χ0) is 28.0. The standard InChI is InChI=1S/C24H45N7O6/c1-15(2)20(24(36)37)30-21(33)17(9-4-6-12-26)29-19(32)14-28-22(34)18-10-7-13-31(18)23(35)16(27)8-3-5-11-25/h15-18,20H,3-14,25-27H2,1-2H3,(H,28,34)(H,29,32)(H,30,33)(H,36,37)/t16-,17-,18-,20-/m0/s1. The molecule has 10 N–H and O–H groups in total. The van der Waals surface area contributed by atoms with E-state index >= 15 is 0 Å². The number of carboxylic acids is 1. The third-order valence-electron chi connectivity index (χ3n) is 6.38. The average Bonchev–Trinajstić information content (AvgIpc) is 3.34. The Morgan fingerprint density at radius 3 is 2.16 bits per heavy atom. The van der Waals surface area contributed by atoms with E-state index in [9.17, 15) is 29.1 Å². The first-order chi connectivity index (χ1) is 17.5. The van der Waals surface area contributed by atoms with Crippen LogP contribution in [-0.2, 0) is 24.0 Å². The summed E-state index contributed by atoms with van der Waals surface area (Å²) < 4.78 is 0. The molecule has 0 radical (unpaired) electrons. The maximum Gasteiger partial charge on any atom is 0.326 e. The quantitative estimate of drug-likeness (QED) is 0.108. The van der Waals surface area contributed by atoms with Gasteiger partial charge in [0.2, 0.25) is 23.6 Å². The van der Waals surface area contributed by atoms with Gasteiger partial charge < -0.3 is 43.2 Å². The maximum atomic E-state index is 12.8. The molecule has 1 rings (SSSR count). The number of carbonyl (C=O) groups excluding carboxylic acids is 4. The summed E-state index contributed by atoms with van der Waals surface area (Å²) in [5.74, 6) is -3.51. The molecule has 13 heteroatoms. The van der Waals surface area contributed by atoms with Crippen molar-refractivity contribution in [1.82, 2.24) is 20.9 Å². The van der Waals surface area contributed by atoms with Crippen molar-refractivity contribution in [2.45, 2.75) is 89.4 Å². The molecule has 1 aliphatic rings. The van der Waals surface area contributed by atoms with E-state index in [1.807, 2.05) is 0 Å². The van der Waals surface area contributed by atoms with Gasteiger partial charge in [0.05, 0.1) is 12.6 Å². The Bertz CT molecular complexity index is 779.